The lowest BCUT2D eigenvalue weighted by molar-refractivity contribution is -0.147. The number of carbonyl (C=O) groups is 2. The van der Waals surface area contributed by atoms with Crippen LogP contribution in [0.25, 0.3) is 5.57 Å². The lowest BCUT2D eigenvalue weighted by Gasteiger charge is -2.28. The maximum atomic E-state index is 12.4. The first-order chi connectivity index (χ1) is 13.7. The molecule has 5 nitrogen and oxygen atoms in total. The number of ether oxygens (including phenoxy) is 2. The maximum Gasteiger partial charge on any atom is 0.410 e. The molecule has 0 atom stereocenters. The van der Waals surface area contributed by atoms with E-state index in [1.165, 1.54) is 0 Å². The molecule has 1 amide bonds. The number of hydrogen-bond acceptors (Lipinski definition) is 4. The number of nitrogens with zero attached hydrogens (tertiary/aromatic N) is 1. The zero-order valence-electron chi connectivity index (χ0n) is 17.2. The van der Waals surface area contributed by atoms with E-state index >= 15 is 0 Å². The second kappa shape index (κ2) is 8.52. The summed E-state index contributed by atoms with van der Waals surface area (Å²) in [4.78, 5) is 26.4. The van der Waals surface area contributed by atoms with E-state index in [-0.39, 0.29) is 12.7 Å². The van der Waals surface area contributed by atoms with Crippen molar-refractivity contribution in [1.29, 1.82) is 0 Å². The minimum atomic E-state index is -0.561. The van der Waals surface area contributed by atoms with Crippen molar-refractivity contribution in [3.63, 3.8) is 0 Å². The molecule has 0 aliphatic carbocycles. The highest BCUT2D eigenvalue weighted by Gasteiger charge is 2.24. The Morgan fingerprint density at radius 2 is 1.79 bits per heavy atom. The summed E-state index contributed by atoms with van der Waals surface area (Å²) >= 11 is 0. The van der Waals surface area contributed by atoms with E-state index in [4.69, 9.17) is 9.47 Å². The molecule has 5 heteroatoms. The lowest BCUT2D eigenvalue weighted by Crippen LogP contribution is -2.36. The molecule has 1 aliphatic rings. The molecule has 1 aliphatic heterocycles. The number of esters is 1. The number of benzene rings is 2. The molecule has 0 saturated carbocycles. The van der Waals surface area contributed by atoms with E-state index in [1.54, 1.807) is 4.90 Å². The summed E-state index contributed by atoms with van der Waals surface area (Å²) in [6.07, 6.45) is 0.382. The van der Waals surface area contributed by atoms with Crippen LogP contribution in [0.1, 0.15) is 43.0 Å². The highest BCUT2D eigenvalue weighted by molar-refractivity contribution is 6.15. The maximum absolute atomic E-state index is 12.4. The third-order valence-corrected chi connectivity index (χ3v) is 4.68. The van der Waals surface area contributed by atoms with Crippen LogP contribution >= 0.6 is 0 Å². The zero-order valence-corrected chi connectivity index (χ0v) is 17.2. The Hall–Kier alpha value is -3.08. The third kappa shape index (κ3) is 5.47. The fourth-order valence-electron chi connectivity index (χ4n) is 3.16. The second-order valence-electron chi connectivity index (χ2n) is 8.18. The van der Waals surface area contributed by atoms with Gasteiger partial charge < -0.3 is 14.4 Å². The molecule has 0 radical (unpaired) electrons. The molecule has 0 saturated heterocycles. The van der Waals surface area contributed by atoms with Gasteiger partial charge in [0.25, 0.3) is 0 Å². The molecule has 0 fully saturated rings. The Bertz CT molecular complexity index is 912. The summed E-state index contributed by atoms with van der Waals surface area (Å²) < 4.78 is 10.8. The van der Waals surface area contributed by atoms with Crippen molar-refractivity contribution in [3.05, 3.63) is 77.4 Å². The molecule has 152 valence electrons. The quantitative estimate of drug-likeness (QED) is 0.556. The summed E-state index contributed by atoms with van der Waals surface area (Å²) in [6, 6.07) is 15.4. The van der Waals surface area contributed by atoms with Crippen LogP contribution < -0.4 is 0 Å². The topological polar surface area (TPSA) is 55.8 Å². The van der Waals surface area contributed by atoms with Crippen LogP contribution in [-0.2, 0) is 33.8 Å². The van der Waals surface area contributed by atoms with Crippen LogP contribution in [0.4, 0.5) is 4.79 Å². The van der Waals surface area contributed by atoms with Gasteiger partial charge in [-0.05, 0) is 49.4 Å². The third-order valence-electron chi connectivity index (χ3n) is 4.68. The highest BCUT2D eigenvalue weighted by Crippen LogP contribution is 2.25. The summed E-state index contributed by atoms with van der Waals surface area (Å²) in [6.45, 7) is 10.7. The average Bonchev–Trinajstić information content (AvgIpc) is 2.70. The fourth-order valence-corrected chi connectivity index (χ4v) is 3.16. The molecule has 0 bridgehead atoms. The number of carbonyl (C=O) groups excluding carboxylic acids is 2. The molecule has 0 N–H and O–H groups in total. The number of hydrogen-bond donors (Lipinski definition) is 0. The molecule has 1 heterocycles. The monoisotopic (exact) mass is 393 g/mol. The summed E-state index contributed by atoms with van der Waals surface area (Å²) in [5.41, 5.74) is 3.65. The van der Waals surface area contributed by atoms with Crippen molar-refractivity contribution < 1.29 is 19.1 Å². The van der Waals surface area contributed by atoms with Gasteiger partial charge in [0.1, 0.15) is 12.2 Å². The van der Waals surface area contributed by atoms with Gasteiger partial charge in [0.05, 0.1) is 5.57 Å². The van der Waals surface area contributed by atoms with Crippen molar-refractivity contribution in [2.75, 3.05) is 6.54 Å². The van der Waals surface area contributed by atoms with Gasteiger partial charge in [-0.25, -0.2) is 9.59 Å². The van der Waals surface area contributed by atoms with E-state index in [0.29, 0.717) is 25.1 Å². The van der Waals surface area contributed by atoms with E-state index in [2.05, 4.69) is 6.58 Å². The second-order valence-corrected chi connectivity index (χ2v) is 8.18. The molecule has 29 heavy (non-hydrogen) atoms. The number of rotatable bonds is 4. The molecular weight excluding hydrogens is 366 g/mol. The van der Waals surface area contributed by atoms with Crippen molar-refractivity contribution in [3.8, 4) is 0 Å². The Kier molecular flexibility index (Phi) is 6.06. The standard InChI is InChI=1S/C24H27NO4/c1-17(22(26)29-24(2,3)4)19-10-11-21-15-25(13-12-20(21)14-19)23(27)28-16-18-8-6-5-7-9-18/h5-11,14H,1,12-13,15-16H2,2-4H3. The predicted octanol–water partition coefficient (Wildman–Crippen LogP) is 4.74. The zero-order chi connectivity index (χ0) is 21.0. The molecule has 2 aromatic carbocycles. The van der Waals surface area contributed by atoms with E-state index in [1.807, 2.05) is 69.3 Å². The Balaban J connectivity index is 1.62. The SMILES string of the molecule is C=C(C(=O)OC(C)(C)C)c1ccc2c(c1)CCN(C(=O)OCc1ccccc1)C2. The fraction of sp³-hybridized carbons (Fsp3) is 0.333. The van der Waals surface area contributed by atoms with E-state index < -0.39 is 11.6 Å². The minimum Gasteiger partial charge on any atom is -0.456 e. The summed E-state index contributed by atoms with van der Waals surface area (Å²) in [5, 5.41) is 0. The van der Waals surface area contributed by atoms with Gasteiger partial charge in [-0.3, -0.25) is 0 Å². The Morgan fingerprint density at radius 3 is 2.48 bits per heavy atom. The summed E-state index contributed by atoms with van der Waals surface area (Å²) in [7, 11) is 0. The smallest absolute Gasteiger partial charge is 0.410 e. The number of amides is 1. The van der Waals surface area contributed by atoms with Gasteiger partial charge in [0.2, 0.25) is 0 Å². The van der Waals surface area contributed by atoms with Gasteiger partial charge in [0.15, 0.2) is 0 Å². The van der Waals surface area contributed by atoms with Crippen molar-refractivity contribution in [1.82, 2.24) is 4.90 Å². The van der Waals surface area contributed by atoms with Crippen LogP contribution in [0.5, 0.6) is 0 Å². The summed E-state index contributed by atoms with van der Waals surface area (Å²) in [5.74, 6) is -0.417. The first-order valence-electron chi connectivity index (χ1n) is 9.73. The van der Waals surface area contributed by atoms with Gasteiger partial charge in [-0.15, -0.1) is 0 Å². The molecule has 3 rings (SSSR count). The molecular formula is C24H27NO4. The minimum absolute atomic E-state index is 0.262. The van der Waals surface area contributed by atoms with E-state index in [0.717, 1.165) is 22.3 Å². The molecule has 0 spiro atoms. The van der Waals surface area contributed by atoms with Gasteiger partial charge in [0, 0.05) is 13.1 Å². The highest BCUT2D eigenvalue weighted by atomic mass is 16.6. The van der Waals surface area contributed by atoms with Crippen LogP contribution in [0.3, 0.4) is 0 Å². The molecule has 2 aromatic rings. The van der Waals surface area contributed by atoms with Crippen molar-refractivity contribution in [2.45, 2.75) is 45.9 Å². The predicted molar refractivity (Wildman–Crippen MR) is 112 cm³/mol. The normalized spacial score (nSPS) is 13.4. The van der Waals surface area contributed by atoms with Gasteiger partial charge in [-0.2, -0.15) is 0 Å². The lowest BCUT2D eigenvalue weighted by atomic mass is 9.95. The Morgan fingerprint density at radius 1 is 1.07 bits per heavy atom. The first kappa shape index (κ1) is 20.6. The molecule has 0 aromatic heterocycles. The number of fused-ring (bicyclic) bond motifs is 1. The van der Waals surface area contributed by atoms with Crippen molar-refractivity contribution in [2.24, 2.45) is 0 Å². The van der Waals surface area contributed by atoms with Crippen molar-refractivity contribution >= 4 is 17.6 Å². The van der Waals surface area contributed by atoms with Gasteiger partial charge >= 0.3 is 12.1 Å². The van der Waals surface area contributed by atoms with Crippen LogP contribution in [0.2, 0.25) is 0 Å². The van der Waals surface area contributed by atoms with Crippen LogP contribution in [0.15, 0.2) is 55.1 Å². The van der Waals surface area contributed by atoms with Gasteiger partial charge in [-0.1, -0.05) is 55.1 Å². The van der Waals surface area contributed by atoms with Crippen LogP contribution in [-0.4, -0.2) is 29.1 Å². The van der Waals surface area contributed by atoms with E-state index in [9.17, 15) is 9.59 Å². The largest absolute Gasteiger partial charge is 0.456 e. The first-order valence-corrected chi connectivity index (χ1v) is 9.73. The average molecular weight is 393 g/mol. The molecule has 0 unspecified atom stereocenters. The Labute approximate surface area is 171 Å². The van der Waals surface area contributed by atoms with Crippen LogP contribution in [0, 0.1) is 0 Å².